The van der Waals surface area contributed by atoms with Gasteiger partial charge < -0.3 is 0 Å². The zero-order valence-electron chi connectivity index (χ0n) is 12.2. The Labute approximate surface area is 152 Å². The number of hydrogen-bond acceptors (Lipinski definition) is 3. The SMILES string of the molecule is [Au].c1ccc(O[PH+](Oc2ccccc2)Oc2ccccc2)cc1. The van der Waals surface area contributed by atoms with Gasteiger partial charge in [-0.2, -0.15) is 0 Å². The molecular formula is C18H16AuO3P+. The van der Waals surface area contributed by atoms with Crippen molar-refractivity contribution in [1.82, 2.24) is 0 Å². The van der Waals surface area contributed by atoms with Crippen molar-refractivity contribution in [1.29, 1.82) is 0 Å². The Balaban J connectivity index is 0.00000192. The van der Waals surface area contributed by atoms with Crippen molar-refractivity contribution < 1.29 is 36.0 Å². The third-order valence-corrected chi connectivity index (χ3v) is 4.04. The molecular weight excluding hydrogens is 492 g/mol. The molecule has 5 heteroatoms. The normalized spacial score (nSPS) is 9.78. The molecule has 23 heavy (non-hydrogen) atoms. The van der Waals surface area contributed by atoms with Gasteiger partial charge in [0.2, 0.25) is 0 Å². The first-order chi connectivity index (χ1) is 10.9. The first-order valence-corrected chi connectivity index (χ1v) is 8.18. The summed E-state index contributed by atoms with van der Waals surface area (Å²) in [5, 5.41) is 0. The van der Waals surface area contributed by atoms with Gasteiger partial charge in [-0.15, -0.1) is 0 Å². The Kier molecular flexibility index (Phi) is 7.18. The summed E-state index contributed by atoms with van der Waals surface area (Å²) in [6, 6.07) is 28.6. The van der Waals surface area contributed by atoms with Gasteiger partial charge in [-0.3, -0.25) is 13.6 Å². The molecule has 0 aromatic heterocycles. The Hall–Kier alpha value is -1.77. The van der Waals surface area contributed by atoms with E-state index < -0.39 is 8.60 Å². The van der Waals surface area contributed by atoms with Crippen molar-refractivity contribution in [2.45, 2.75) is 0 Å². The van der Waals surface area contributed by atoms with Crippen LogP contribution < -0.4 is 13.6 Å². The molecule has 0 unspecified atom stereocenters. The fraction of sp³-hybridized carbons (Fsp3) is 0. The Morgan fingerprint density at radius 1 is 0.435 bits per heavy atom. The third kappa shape index (κ3) is 5.74. The second-order valence-electron chi connectivity index (χ2n) is 4.50. The fourth-order valence-electron chi connectivity index (χ4n) is 1.82. The predicted molar refractivity (Wildman–Crippen MR) is 89.5 cm³/mol. The van der Waals surface area contributed by atoms with E-state index in [9.17, 15) is 0 Å². The molecule has 0 N–H and O–H groups in total. The van der Waals surface area contributed by atoms with Crippen LogP contribution in [-0.4, -0.2) is 0 Å². The number of para-hydroxylation sites is 3. The van der Waals surface area contributed by atoms with E-state index in [0.717, 1.165) is 17.2 Å². The summed E-state index contributed by atoms with van der Waals surface area (Å²) in [4.78, 5) is 0. The van der Waals surface area contributed by atoms with Gasteiger partial charge in [0.25, 0.3) is 0 Å². The minimum Gasteiger partial charge on any atom is -0.273 e. The van der Waals surface area contributed by atoms with Gasteiger partial charge in [0.15, 0.2) is 17.2 Å². The van der Waals surface area contributed by atoms with Crippen molar-refractivity contribution in [2.75, 3.05) is 0 Å². The van der Waals surface area contributed by atoms with Crippen LogP contribution in [-0.2, 0) is 22.4 Å². The first-order valence-electron chi connectivity index (χ1n) is 6.96. The molecule has 3 aromatic carbocycles. The summed E-state index contributed by atoms with van der Waals surface area (Å²) < 4.78 is 17.6. The maximum Gasteiger partial charge on any atom is 0.528 e. The molecule has 1 radical (unpaired) electrons. The molecule has 0 fully saturated rings. The monoisotopic (exact) mass is 508 g/mol. The smallest absolute Gasteiger partial charge is 0.273 e. The predicted octanol–water partition coefficient (Wildman–Crippen LogP) is 5.18. The van der Waals surface area contributed by atoms with E-state index in [0.29, 0.717) is 0 Å². The van der Waals surface area contributed by atoms with Crippen molar-refractivity contribution in [3.05, 3.63) is 91.0 Å². The van der Waals surface area contributed by atoms with Gasteiger partial charge >= 0.3 is 8.60 Å². The van der Waals surface area contributed by atoms with Crippen LogP contribution >= 0.6 is 8.60 Å². The summed E-state index contributed by atoms with van der Waals surface area (Å²) in [5.74, 6) is 2.18. The number of rotatable bonds is 6. The van der Waals surface area contributed by atoms with Crippen LogP contribution in [0.4, 0.5) is 0 Å². The van der Waals surface area contributed by atoms with E-state index >= 15 is 0 Å². The third-order valence-electron chi connectivity index (χ3n) is 2.83. The van der Waals surface area contributed by atoms with Crippen molar-refractivity contribution in [3.8, 4) is 17.2 Å². The molecule has 121 valence electrons. The van der Waals surface area contributed by atoms with Crippen LogP contribution in [0, 0.1) is 0 Å². The largest absolute Gasteiger partial charge is 0.528 e. The van der Waals surface area contributed by atoms with Gasteiger partial charge in [-0.05, 0) is 36.4 Å². The van der Waals surface area contributed by atoms with Crippen LogP contribution in [0.2, 0.25) is 0 Å². The van der Waals surface area contributed by atoms with Crippen molar-refractivity contribution in [2.24, 2.45) is 0 Å². The van der Waals surface area contributed by atoms with Crippen LogP contribution in [0.25, 0.3) is 0 Å². The fourth-order valence-corrected chi connectivity index (χ4v) is 2.93. The Morgan fingerprint density at radius 3 is 0.957 bits per heavy atom. The summed E-state index contributed by atoms with van der Waals surface area (Å²) in [7, 11) is -2.00. The van der Waals surface area contributed by atoms with E-state index in [-0.39, 0.29) is 22.4 Å². The van der Waals surface area contributed by atoms with Gasteiger partial charge in [-0.25, -0.2) is 0 Å². The topological polar surface area (TPSA) is 27.7 Å². The first kappa shape index (κ1) is 17.6. The Morgan fingerprint density at radius 2 is 0.696 bits per heavy atom. The zero-order chi connectivity index (χ0) is 15.0. The van der Waals surface area contributed by atoms with E-state index in [1.165, 1.54) is 0 Å². The molecule has 3 rings (SSSR count). The molecule has 0 bridgehead atoms. The summed E-state index contributed by atoms with van der Waals surface area (Å²) >= 11 is 0. The maximum absolute atomic E-state index is 5.88. The molecule has 3 aromatic rings. The van der Waals surface area contributed by atoms with Crippen molar-refractivity contribution in [3.63, 3.8) is 0 Å². The van der Waals surface area contributed by atoms with Crippen LogP contribution in [0.15, 0.2) is 91.0 Å². The average Bonchev–Trinajstić information content (AvgIpc) is 2.57. The quantitative estimate of drug-likeness (QED) is 0.340. The van der Waals surface area contributed by atoms with Gasteiger partial charge in [0.1, 0.15) is 0 Å². The van der Waals surface area contributed by atoms with Gasteiger partial charge in [0.05, 0.1) is 0 Å². The standard InChI is InChI=1S/C18H16O3P.Au/c1-4-10-16(11-5-1)19-22(20-17-12-6-2-7-13-17)21-18-14-8-3-9-15-18;/h1-15,22H;/q+1;. The number of benzene rings is 3. The second-order valence-corrected chi connectivity index (χ2v) is 5.61. The van der Waals surface area contributed by atoms with Gasteiger partial charge in [-0.1, -0.05) is 54.6 Å². The zero-order valence-corrected chi connectivity index (χ0v) is 15.4. The summed E-state index contributed by atoms with van der Waals surface area (Å²) in [6.45, 7) is 0. The van der Waals surface area contributed by atoms with Crippen LogP contribution in [0.1, 0.15) is 0 Å². The average molecular weight is 508 g/mol. The van der Waals surface area contributed by atoms with Crippen LogP contribution in [0.3, 0.4) is 0 Å². The van der Waals surface area contributed by atoms with Crippen LogP contribution in [0.5, 0.6) is 17.2 Å². The van der Waals surface area contributed by atoms with E-state index in [1.807, 2.05) is 91.0 Å². The van der Waals surface area contributed by atoms with E-state index in [4.69, 9.17) is 13.6 Å². The molecule has 0 spiro atoms. The molecule has 0 amide bonds. The maximum atomic E-state index is 5.88. The molecule has 0 saturated carbocycles. The minimum absolute atomic E-state index is 0. The van der Waals surface area contributed by atoms with E-state index in [1.54, 1.807) is 0 Å². The second kappa shape index (κ2) is 9.39. The number of hydrogen-bond donors (Lipinski definition) is 0. The minimum atomic E-state index is -2.00. The summed E-state index contributed by atoms with van der Waals surface area (Å²) in [6.07, 6.45) is 0. The van der Waals surface area contributed by atoms with Crippen molar-refractivity contribution >= 4 is 8.60 Å². The van der Waals surface area contributed by atoms with Gasteiger partial charge in [0, 0.05) is 22.4 Å². The molecule has 0 heterocycles. The van der Waals surface area contributed by atoms with E-state index in [2.05, 4.69) is 0 Å². The molecule has 0 aliphatic rings. The Bertz CT molecular complexity index is 582. The summed E-state index contributed by atoms with van der Waals surface area (Å²) in [5.41, 5.74) is 0. The molecule has 0 aliphatic carbocycles. The molecule has 3 nitrogen and oxygen atoms in total. The molecule has 0 saturated heterocycles. The molecule has 0 atom stereocenters. The molecule has 0 aliphatic heterocycles.